The summed E-state index contributed by atoms with van der Waals surface area (Å²) in [5.41, 5.74) is 1.56. The van der Waals surface area contributed by atoms with Gasteiger partial charge in [0.1, 0.15) is 6.10 Å². The van der Waals surface area contributed by atoms with E-state index in [2.05, 4.69) is 19.9 Å². The third-order valence-electron chi connectivity index (χ3n) is 5.58. The zero-order chi connectivity index (χ0) is 17.7. The lowest BCUT2D eigenvalue weighted by atomic mass is 9.63. The zero-order valence-electron chi connectivity index (χ0n) is 15.3. The number of fused-ring (bicyclic) bond motifs is 1. The molecule has 0 aliphatic heterocycles. The Morgan fingerprint density at radius 3 is 2.88 bits per heavy atom. The summed E-state index contributed by atoms with van der Waals surface area (Å²) in [5.74, 6) is 0.313. The summed E-state index contributed by atoms with van der Waals surface area (Å²) in [6.45, 7) is 8.24. The van der Waals surface area contributed by atoms with Gasteiger partial charge < -0.3 is 9.47 Å². The van der Waals surface area contributed by atoms with Crippen LogP contribution >= 0.6 is 0 Å². The molecule has 0 radical (unpaired) electrons. The number of rotatable bonds is 6. The van der Waals surface area contributed by atoms with Crippen LogP contribution in [0.2, 0.25) is 0 Å². The molecule has 0 aromatic heterocycles. The van der Waals surface area contributed by atoms with Crippen molar-refractivity contribution >= 4 is 11.9 Å². The zero-order valence-corrected chi connectivity index (χ0v) is 15.3. The topological polar surface area (TPSA) is 52.6 Å². The average molecular weight is 334 g/mol. The van der Waals surface area contributed by atoms with Gasteiger partial charge in [0.2, 0.25) is 0 Å². The van der Waals surface area contributed by atoms with E-state index in [0.29, 0.717) is 18.4 Å². The van der Waals surface area contributed by atoms with Crippen LogP contribution in [0.4, 0.5) is 0 Å². The number of hydrogen-bond donors (Lipinski definition) is 0. The molecule has 0 saturated heterocycles. The molecule has 1 fully saturated rings. The third kappa shape index (κ3) is 4.08. The van der Waals surface area contributed by atoms with E-state index in [1.807, 2.05) is 6.08 Å². The third-order valence-corrected chi connectivity index (χ3v) is 5.58. The van der Waals surface area contributed by atoms with Gasteiger partial charge in [-0.1, -0.05) is 31.6 Å². The Labute approximate surface area is 145 Å². The lowest BCUT2D eigenvalue weighted by molar-refractivity contribution is -0.153. The summed E-state index contributed by atoms with van der Waals surface area (Å²) in [5, 5.41) is 0. The van der Waals surface area contributed by atoms with Crippen molar-refractivity contribution in [2.24, 2.45) is 17.3 Å². The van der Waals surface area contributed by atoms with Crippen molar-refractivity contribution in [1.82, 2.24) is 0 Å². The minimum absolute atomic E-state index is 0.0391. The molecule has 134 valence electrons. The van der Waals surface area contributed by atoms with Crippen molar-refractivity contribution in [3.8, 4) is 0 Å². The fraction of sp³-hybridized carbons (Fsp3) is 0.700. The number of hydrogen-bond acceptors (Lipinski definition) is 4. The molecule has 0 heterocycles. The van der Waals surface area contributed by atoms with Crippen molar-refractivity contribution in [1.29, 1.82) is 0 Å². The van der Waals surface area contributed by atoms with E-state index in [9.17, 15) is 9.59 Å². The maximum absolute atomic E-state index is 11.4. The van der Waals surface area contributed by atoms with E-state index in [1.54, 1.807) is 6.92 Å². The van der Waals surface area contributed by atoms with Gasteiger partial charge >= 0.3 is 11.9 Å². The molecule has 1 saturated carbocycles. The molecule has 2 rings (SSSR count). The Morgan fingerprint density at radius 1 is 1.46 bits per heavy atom. The monoisotopic (exact) mass is 334 g/mol. The van der Waals surface area contributed by atoms with Crippen LogP contribution in [-0.2, 0) is 19.1 Å². The number of carbonyl (C=O) groups is 2. The van der Waals surface area contributed by atoms with Crippen LogP contribution < -0.4 is 0 Å². The highest BCUT2D eigenvalue weighted by Gasteiger charge is 2.49. The number of allylic oxidation sites excluding steroid dienone is 3. The van der Waals surface area contributed by atoms with E-state index in [1.165, 1.54) is 18.6 Å². The lowest BCUT2D eigenvalue weighted by Gasteiger charge is -2.44. The molecule has 4 heteroatoms. The van der Waals surface area contributed by atoms with Crippen molar-refractivity contribution in [2.45, 2.75) is 65.9 Å². The summed E-state index contributed by atoms with van der Waals surface area (Å²) in [6.07, 6.45) is 10.8. The van der Waals surface area contributed by atoms with Crippen LogP contribution in [0.1, 0.15) is 59.8 Å². The molecule has 2 aliphatic carbocycles. The van der Waals surface area contributed by atoms with Gasteiger partial charge in [0.05, 0.1) is 6.61 Å². The Kier molecular flexibility index (Phi) is 6.25. The largest absolute Gasteiger partial charge is 0.463 e. The molecule has 0 spiro atoms. The predicted octanol–water partition coefficient (Wildman–Crippen LogP) is 4.20. The van der Waals surface area contributed by atoms with Gasteiger partial charge in [-0.15, -0.1) is 0 Å². The van der Waals surface area contributed by atoms with Gasteiger partial charge in [-0.3, -0.25) is 4.79 Å². The molecule has 2 aliphatic rings. The second kappa shape index (κ2) is 8.00. The van der Waals surface area contributed by atoms with E-state index < -0.39 is 0 Å². The SMILES string of the molecule is CCOC(=O)/C=C/C[C@H](C)C1=CCC2C(OC(C)=O)CCC[C@]12C. The number of esters is 2. The molecule has 0 N–H and O–H groups in total. The summed E-state index contributed by atoms with van der Waals surface area (Å²) in [6, 6.07) is 0. The molecule has 24 heavy (non-hydrogen) atoms. The Bertz CT molecular complexity index is 534. The summed E-state index contributed by atoms with van der Waals surface area (Å²) < 4.78 is 10.5. The highest BCUT2D eigenvalue weighted by atomic mass is 16.5. The second-order valence-electron chi connectivity index (χ2n) is 7.25. The van der Waals surface area contributed by atoms with Crippen molar-refractivity contribution < 1.29 is 19.1 Å². The predicted molar refractivity (Wildman–Crippen MR) is 93.3 cm³/mol. The van der Waals surface area contributed by atoms with Crippen LogP contribution in [0.3, 0.4) is 0 Å². The average Bonchev–Trinajstić information content (AvgIpc) is 2.85. The molecular formula is C20H30O4. The molecule has 0 amide bonds. The van der Waals surface area contributed by atoms with Gasteiger partial charge in [0.15, 0.2) is 0 Å². The second-order valence-corrected chi connectivity index (χ2v) is 7.25. The smallest absolute Gasteiger partial charge is 0.330 e. The summed E-state index contributed by atoms with van der Waals surface area (Å²) >= 11 is 0. The lowest BCUT2D eigenvalue weighted by Crippen LogP contribution is -2.41. The van der Waals surface area contributed by atoms with Gasteiger partial charge in [-0.2, -0.15) is 0 Å². The fourth-order valence-corrected chi connectivity index (χ4v) is 4.53. The van der Waals surface area contributed by atoms with E-state index in [4.69, 9.17) is 9.47 Å². The minimum Gasteiger partial charge on any atom is -0.463 e. The van der Waals surface area contributed by atoms with Gasteiger partial charge in [-0.05, 0) is 50.4 Å². The Morgan fingerprint density at radius 2 is 2.21 bits per heavy atom. The maximum atomic E-state index is 11.4. The van der Waals surface area contributed by atoms with Crippen LogP contribution in [0.25, 0.3) is 0 Å². The molecule has 0 bridgehead atoms. The number of ether oxygens (including phenoxy) is 2. The van der Waals surface area contributed by atoms with Crippen LogP contribution in [0.15, 0.2) is 23.8 Å². The molecular weight excluding hydrogens is 304 g/mol. The Balaban J connectivity index is 2.01. The van der Waals surface area contributed by atoms with Gasteiger partial charge in [-0.25, -0.2) is 4.79 Å². The van der Waals surface area contributed by atoms with Gasteiger partial charge in [0.25, 0.3) is 0 Å². The standard InChI is InChI=1S/C20H30O4/c1-5-23-19(22)10-6-8-14(2)16-11-12-17-18(24-15(3)21)9-7-13-20(16,17)4/h6,10-11,14,17-18H,5,7-9,12-13H2,1-4H3/b10-6+/t14-,17?,18?,20+/m0/s1. The van der Waals surface area contributed by atoms with Crippen molar-refractivity contribution in [3.63, 3.8) is 0 Å². The maximum Gasteiger partial charge on any atom is 0.330 e. The van der Waals surface area contributed by atoms with Crippen LogP contribution in [0.5, 0.6) is 0 Å². The Hall–Kier alpha value is -1.58. The normalized spacial score (nSPS) is 30.6. The summed E-state index contributed by atoms with van der Waals surface area (Å²) in [4.78, 5) is 22.8. The first kappa shape index (κ1) is 18.8. The van der Waals surface area contributed by atoms with Gasteiger partial charge in [0, 0.05) is 18.9 Å². The molecule has 0 aromatic carbocycles. The first-order chi connectivity index (χ1) is 11.4. The minimum atomic E-state index is -0.276. The molecule has 2 unspecified atom stereocenters. The fourth-order valence-electron chi connectivity index (χ4n) is 4.53. The van der Waals surface area contributed by atoms with Crippen LogP contribution in [-0.4, -0.2) is 24.6 Å². The van der Waals surface area contributed by atoms with Crippen molar-refractivity contribution in [2.75, 3.05) is 6.61 Å². The first-order valence-corrected chi connectivity index (χ1v) is 9.09. The van der Waals surface area contributed by atoms with E-state index in [-0.39, 0.29) is 23.5 Å². The summed E-state index contributed by atoms with van der Waals surface area (Å²) in [7, 11) is 0. The molecule has 4 nitrogen and oxygen atoms in total. The van der Waals surface area contributed by atoms with E-state index >= 15 is 0 Å². The quantitative estimate of drug-likeness (QED) is 0.415. The number of carbonyl (C=O) groups excluding carboxylic acids is 2. The highest BCUT2D eigenvalue weighted by Crippen LogP contribution is 2.55. The molecule has 0 aromatic rings. The molecule has 4 atom stereocenters. The van der Waals surface area contributed by atoms with Crippen molar-refractivity contribution in [3.05, 3.63) is 23.8 Å². The highest BCUT2D eigenvalue weighted by molar-refractivity contribution is 5.81. The van der Waals surface area contributed by atoms with E-state index in [0.717, 1.165) is 32.1 Å². The van der Waals surface area contributed by atoms with Crippen LogP contribution in [0, 0.1) is 17.3 Å². The first-order valence-electron chi connectivity index (χ1n) is 9.09.